The summed E-state index contributed by atoms with van der Waals surface area (Å²) in [7, 11) is -3.74. The van der Waals surface area contributed by atoms with Gasteiger partial charge in [0.1, 0.15) is 4.21 Å². The average Bonchev–Trinajstić information content (AvgIpc) is 2.98. The van der Waals surface area contributed by atoms with Gasteiger partial charge in [0.15, 0.2) is 0 Å². The smallest absolute Gasteiger partial charge is 0.264 e. The van der Waals surface area contributed by atoms with E-state index in [1.165, 1.54) is 6.07 Å². The van der Waals surface area contributed by atoms with Crippen LogP contribution in [0, 0.1) is 6.92 Å². The predicted octanol–water partition coefficient (Wildman–Crippen LogP) is 2.11. The molecular weight excluding hydrogens is 296 g/mol. The van der Waals surface area contributed by atoms with Gasteiger partial charge in [0.25, 0.3) is 5.91 Å². The predicted molar refractivity (Wildman–Crippen MR) is 79.4 cm³/mol. The number of carbonyl (C=O) groups excluding carboxylic acids is 1. The van der Waals surface area contributed by atoms with Crippen LogP contribution in [0.5, 0.6) is 0 Å². The number of nitrogens with two attached hydrogens (primary N) is 1. The van der Waals surface area contributed by atoms with Crippen LogP contribution in [-0.4, -0.2) is 31.8 Å². The summed E-state index contributed by atoms with van der Waals surface area (Å²) in [5.74, 6) is -0.0724. The van der Waals surface area contributed by atoms with E-state index in [0.717, 1.165) is 37.0 Å². The highest BCUT2D eigenvalue weighted by molar-refractivity contribution is 7.91. The molecule has 20 heavy (non-hydrogen) atoms. The van der Waals surface area contributed by atoms with Crippen LogP contribution >= 0.6 is 11.3 Å². The summed E-state index contributed by atoms with van der Waals surface area (Å²) in [5, 5.41) is 5.13. The van der Waals surface area contributed by atoms with Crippen LogP contribution < -0.4 is 5.14 Å². The summed E-state index contributed by atoms with van der Waals surface area (Å²) < 4.78 is 22.8. The fourth-order valence-corrected chi connectivity index (χ4v) is 4.64. The number of carbonyl (C=O) groups is 1. The first kappa shape index (κ1) is 15.5. The fourth-order valence-electron chi connectivity index (χ4n) is 2.72. The zero-order valence-electron chi connectivity index (χ0n) is 11.8. The SMILES string of the molecule is CCN(C(=O)c1sc(S(N)(=O)=O)cc1C)C1CCCC1. The Hall–Kier alpha value is -0.920. The minimum Gasteiger partial charge on any atom is -0.335 e. The maximum absolute atomic E-state index is 12.6. The highest BCUT2D eigenvalue weighted by atomic mass is 32.2. The fraction of sp³-hybridized carbons (Fsp3) is 0.615. The zero-order valence-corrected chi connectivity index (χ0v) is 13.4. The number of rotatable bonds is 4. The number of thiophene rings is 1. The van der Waals surface area contributed by atoms with E-state index in [1.54, 1.807) is 6.92 Å². The van der Waals surface area contributed by atoms with Crippen LogP contribution in [0.4, 0.5) is 0 Å². The van der Waals surface area contributed by atoms with Crippen LogP contribution in [0.15, 0.2) is 10.3 Å². The van der Waals surface area contributed by atoms with Crippen molar-refractivity contribution in [1.82, 2.24) is 4.90 Å². The van der Waals surface area contributed by atoms with E-state index < -0.39 is 10.0 Å². The lowest BCUT2D eigenvalue weighted by atomic mass is 10.2. The molecule has 1 saturated carbocycles. The van der Waals surface area contributed by atoms with E-state index in [-0.39, 0.29) is 16.2 Å². The summed E-state index contributed by atoms with van der Waals surface area (Å²) >= 11 is 0.973. The van der Waals surface area contributed by atoms with Crippen LogP contribution in [0.2, 0.25) is 0 Å². The normalized spacial score (nSPS) is 16.6. The van der Waals surface area contributed by atoms with Crippen molar-refractivity contribution in [2.75, 3.05) is 6.54 Å². The second kappa shape index (κ2) is 5.83. The number of amides is 1. The molecule has 2 rings (SSSR count). The standard InChI is InChI=1S/C13H20N2O3S2/c1-3-15(10-6-4-5-7-10)13(16)12-9(2)8-11(19-12)20(14,17)18/h8,10H,3-7H2,1-2H3,(H2,14,17,18). The summed E-state index contributed by atoms with van der Waals surface area (Å²) in [6, 6.07) is 1.77. The molecule has 7 heteroatoms. The van der Waals surface area contributed by atoms with Gasteiger partial charge in [-0.3, -0.25) is 4.79 Å². The Morgan fingerprint density at radius 1 is 1.45 bits per heavy atom. The number of sulfonamides is 1. The molecule has 0 aromatic carbocycles. The molecule has 1 aromatic heterocycles. The number of aryl methyl sites for hydroxylation is 1. The molecule has 0 atom stereocenters. The Morgan fingerprint density at radius 3 is 2.50 bits per heavy atom. The lowest BCUT2D eigenvalue weighted by molar-refractivity contribution is 0.0698. The van der Waals surface area contributed by atoms with Gasteiger partial charge >= 0.3 is 0 Å². The Morgan fingerprint density at radius 2 is 2.05 bits per heavy atom. The zero-order chi connectivity index (χ0) is 14.9. The van der Waals surface area contributed by atoms with Gasteiger partial charge in [-0.1, -0.05) is 12.8 Å². The molecule has 5 nitrogen and oxygen atoms in total. The Kier molecular flexibility index (Phi) is 4.51. The Balaban J connectivity index is 2.30. The second-order valence-corrected chi connectivity index (χ2v) is 7.99. The Labute approximate surface area is 123 Å². The molecule has 1 amide bonds. The van der Waals surface area contributed by atoms with Crippen molar-refractivity contribution in [1.29, 1.82) is 0 Å². The third-order valence-electron chi connectivity index (χ3n) is 3.74. The lowest BCUT2D eigenvalue weighted by Gasteiger charge is -2.27. The van der Waals surface area contributed by atoms with Gasteiger partial charge in [0, 0.05) is 12.6 Å². The largest absolute Gasteiger partial charge is 0.335 e. The van der Waals surface area contributed by atoms with Gasteiger partial charge in [0.05, 0.1) is 4.88 Å². The van der Waals surface area contributed by atoms with E-state index in [1.807, 2.05) is 11.8 Å². The van der Waals surface area contributed by atoms with Gasteiger partial charge < -0.3 is 4.90 Å². The number of hydrogen-bond donors (Lipinski definition) is 1. The first-order valence-corrected chi connectivity index (χ1v) is 9.15. The van der Waals surface area contributed by atoms with E-state index in [4.69, 9.17) is 5.14 Å². The van der Waals surface area contributed by atoms with Crippen molar-refractivity contribution < 1.29 is 13.2 Å². The van der Waals surface area contributed by atoms with Crippen molar-refractivity contribution in [3.8, 4) is 0 Å². The van der Waals surface area contributed by atoms with Gasteiger partial charge in [-0.25, -0.2) is 13.6 Å². The van der Waals surface area contributed by atoms with Gasteiger partial charge in [-0.05, 0) is 38.3 Å². The highest BCUT2D eigenvalue weighted by Crippen LogP contribution is 2.30. The molecule has 0 radical (unpaired) electrons. The summed E-state index contributed by atoms with van der Waals surface area (Å²) in [4.78, 5) is 15.0. The maximum Gasteiger partial charge on any atom is 0.264 e. The second-order valence-electron chi connectivity index (χ2n) is 5.15. The van der Waals surface area contributed by atoms with E-state index in [9.17, 15) is 13.2 Å². The quantitative estimate of drug-likeness (QED) is 0.923. The van der Waals surface area contributed by atoms with Crippen LogP contribution in [-0.2, 0) is 10.0 Å². The summed E-state index contributed by atoms with van der Waals surface area (Å²) in [6.07, 6.45) is 4.37. The molecule has 0 spiro atoms. The van der Waals surface area contributed by atoms with Crippen molar-refractivity contribution in [3.05, 3.63) is 16.5 Å². The third-order valence-corrected chi connectivity index (χ3v) is 6.38. The molecule has 1 aliphatic carbocycles. The molecule has 1 fully saturated rings. The number of hydrogen-bond acceptors (Lipinski definition) is 4. The number of nitrogens with zero attached hydrogens (tertiary/aromatic N) is 1. The monoisotopic (exact) mass is 316 g/mol. The first-order chi connectivity index (χ1) is 9.34. The molecular formula is C13H20N2O3S2. The van der Waals surface area contributed by atoms with Crippen molar-refractivity contribution >= 4 is 27.3 Å². The molecule has 2 N–H and O–H groups in total. The summed E-state index contributed by atoms with van der Waals surface area (Å²) in [5.41, 5.74) is 0.681. The van der Waals surface area contributed by atoms with Crippen LogP contribution in [0.1, 0.15) is 47.8 Å². The number of primary sulfonamides is 1. The van der Waals surface area contributed by atoms with Gasteiger partial charge in [-0.15, -0.1) is 11.3 Å². The van der Waals surface area contributed by atoms with Gasteiger partial charge in [-0.2, -0.15) is 0 Å². The topological polar surface area (TPSA) is 80.5 Å². The third kappa shape index (κ3) is 3.05. The van der Waals surface area contributed by atoms with Crippen molar-refractivity contribution in [2.45, 2.75) is 49.8 Å². The molecule has 1 aromatic rings. The average molecular weight is 316 g/mol. The first-order valence-electron chi connectivity index (χ1n) is 6.78. The van der Waals surface area contributed by atoms with Crippen molar-refractivity contribution in [3.63, 3.8) is 0 Å². The van der Waals surface area contributed by atoms with Crippen molar-refractivity contribution in [2.24, 2.45) is 5.14 Å². The summed E-state index contributed by atoms with van der Waals surface area (Å²) in [6.45, 7) is 4.35. The van der Waals surface area contributed by atoms with Crippen LogP contribution in [0.3, 0.4) is 0 Å². The molecule has 0 unspecified atom stereocenters. The molecule has 0 bridgehead atoms. The van der Waals surface area contributed by atoms with Gasteiger partial charge in [0.2, 0.25) is 10.0 Å². The van der Waals surface area contributed by atoms with Crippen LogP contribution in [0.25, 0.3) is 0 Å². The minimum absolute atomic E-state index is 0.0563. The molecule has 1 heterocycles. The Bertz CT molecular complexity index is 601. The van der Waals surface area contributed by atoms with E-state index >= 15 is 0 Å². The maximum atomic E-state index is 12.6. The molecule has 1 aliphatic rings. The molecule has 0 saturated heterocycles. The lowest BCUT2D eigenvalue weighted by Crippen LogP contribution is -2.38. The minimum atomic E-state index is -3.74. The molecule has 112 valence electrons. The highest BCUT2D eigenvalue weighted by Gasteiger charge is 2.29. The van der Waals surface area contributed by atoms with E-state index in [0.29, 0.717) is 17.0 Å². The molecule has 0 aliphatic heterocycles. The van der Waals surface area contributed by atoms with E-state index in [2.05, 4.69) is 0 Å².